The van der Waals surface area contributed by atoms with Crippen LogP contribution < -0.4 is 31.7 Å². The Morgan fingerprint density at radius 3 is 2.64 bits per heavy atom. The lowest BCUT2D eigenvalue weighted by Crippen LogP contribution is -2.44. The molecule has 0 bridgehead atoms. The molecule has 4 rings (SSSR count). The summed E-state index contributed by atoms with van der Waals surface area (Å²) in [5, 5.41) is 23.4. The summed E-state index contributed by atoms with van der Waals surface area (Å²) in [7, 11) is 0. The number of nitrogens with one attached hydrogen (secondary N) is 3. The summed E-state index contributed by atoms with van der Waals surface area (Å²) in [5.74, 6) is -2.55. The van der Waals surface area contributed by atoms with Crippen molar-refractivity contribution in [3.63, 3.8) is 0 Å². The van der Waals surface area contributed by atoms with Crippen molar-refractivity contribution in [1.29, 1.82) is 0 Å². The van der Waals surface area contributed by atoms with E-state index in [0.717, 1.165) is 5.69 Å². The Kier molecular flexibility index (Phi) is 5.77. The normalized spacial score (nSPS) is 17.5. The van der Waals surface area contributed by atoms with Crippen LogP contribution in [0.2, 0.25) is 0 Å². The van der Waals surface area contributed by atoms with Crippen molar-refractivity contribution in [3.8, 4) is 0 Å². The van der Waals surface area contributed by atoms with Gasteiger partial charge in [0.15, 0.2) is 5.82 Å². The maximum absolute atomic E-state index is 12.4. The van der Waals surface area contributed by atoms with E-state index in [9.17, 15) is 24.3 Å². The lowest BCUT2D eigenvalue weighted by molar-refractivity contribution is -0.140. The summed E-state index contributed by atoms with van der Waals surface area (Å²) in [5.41, 5.74) is 6.81. The van der Waals surface area contributed by atoms with E-state index in [1.54, 1.807) is 24.3 Å². The van der Waals surface area contributed by atoms with Crippen LogP contribution in [0, 0.1) is 0 Å². The van der Waals surface area contributed by atoms with Crippen molar-refractivity contribution in [3.05, 3.63) is 40.2 Å². The first-order valence-corrected chi connectivity index (χ1v) is 10.2. The van der Waals surface area contributed by atoms with Gasteiger partial charge in [-0.25, -0.2) is 4.79 Å². The molecule has 2 aliphatic heterocycles. The number of nitrogen functional groups attached to an aromatic ring is 1. The number of carbonyl (C=O) groups is 3. The first kappa shape index (κ1) is 21.9. The van der Waals surface area contributed by atoms with Gasteiger partial charge in [0.05, 0.1) is 12.7 Å². The molecule has 1 aromatic carbocycles. The minimum Gasteiger partial charge on any atom is -0.481 e. The van der Waals surface area contributed by atoms with Gasteiger partial charge >= 0.3 is 11.9 Å². The van der Waals surface area contributed by atoms with Crippen LogP contribution in [0.15, 0.2) is 29.1 Å². The van der Waals surface area contributed by atoms with E-state index in [0.29, 0.717) is 31.3 Å². The number of aromatic nitrogens is 2. The largest absolute Gasteiger partial charge is 0.481 e. The topological polar surface area (TPSA) is 194 Å². The maximum atomic E-state index is 12.4. The van der Waals surface area contributed by atoms with Crippen LogP contribution in [0.25, 0.3) is 0 Å². The molecule has 174 valence electrons. The van der Waals surface area contributed by atoms with E-state index in [1.807, 2.05) is 9.80 Å². The highest BCUT2D eigenvalue weighted by Crippen LogP contribution is 2.32. The van der Waals surface area contributed by atoms with E-state index in [1.165, 1.54) is 0 Å². The minimum atomic E-state index is -1.30. The quantitative estimate of drug-likeness (QED) is 0.313. The van der Waals surface area contributed by atoms with Gasteiger partial charge in [-0.15, -0.1) is 0 Å². The molecule has 13 heteroatoms. The fourth-order valence-electron chi connectivity index (χ4n) is 4.00. The number of fused-ring (bicyclic) bond motifs is 3. The highest BCUT2D eigenvalue weighted by molar-refractivity contribution is 5.97. The third-order valence-electron chi connectivity index (χ3n) is 5.65. The van der Waals surface area contributed by atoms with Gasteiger partial charge in [0, 0.05) is 30.8 Å². The van der Waals surface area contributed by atoms with Crippen molar-refractivity contribution >= 4 is 41.0 Å². The van der Waals surface area contributed by atoms with Crippen LogP contribution in [0.3, 0.4) is 0 Å². The molecule has 2 aromatic rings. The number of hydrogen-bond donors (Lipinski definition) is 6. The Balaban J connectivity index is 1.45. The van der Waals surface area contributed by atoms with Crippen LogP contribution in [0.5, 0.6) is 0 Å². The number of aliphatic carboxylic acids is 2. The number of H-pyrrole nitrogens is 1. The zero-order valence-corrected chi connectivity index (χ0v) is 17.4. The Morgan fingerprint density at radius 1 is 1.24 bits per heavy atom. The molecule has 0 spiro atoms. The van der Waals surface area contributed by atoms with Crippen LogP contribution in [-0.2, 0) is 9.59 Å². The summed E-state index contributed by atoms with van der Waals surface area (Å²) in [6, 6.07) is 5.35. The van der Waals surface area contributed by atoms with E-state index < -0.39 is 23.9 Å². The molecule has 3 heterocycles. The number of nitrogens with two attached hydrogens (primary N) is 1. The molecule has 0 saturated carbocycles. The van der Waals surface area contributed by atoms with E-state index >= 15 is 0 Å². The second-order valence-corrected chi connectivity index (χ2v) is 7.86. The number of rotatable bonds is 7. The molecule has 1 unspecified atom stereocenters. The Labute approximate surface area is 187 Å². The van der Waals surface area contributed by atoms with E-state index in [2.05, 4.69) is 20.6 Å². The van der Waals surface area contributed by atoms with Gasteiger partial charge in [-0.3, -0.25) is 19.4 Å². The van der Waals surface area contributed by atoms with Crippen molar-refractivity contribution in [2.75, 3.05) is 40.6 Å². The average molecular weight is 457 g/mol. The lowest BCUT2D eigenvalue weighted by atomic mass is 10.1. The first-order valence-electron chi connectivity index (χ1n) is 10.2. The summed E-state index contributed by atoms with van der Waals surface area (Å²) in [6.07, 6.45) is -0.583. The molecule has 1 aromatic heterocycles. The van der Waals surface area contributed by atoms with Gasteiger partial charge in [-0.1, -0.05) is 0 Å². The van der Waals surface area contributed by atoms with Crippen LogP contribution in [-0.4, -0.2) is 69.9 Å². The number of anilines is 4. The Morgan fingerprint density at radius 2 is 1.97 bits per heavy atom. The van der Waals surface area contributed by atoms with Crippen molar-refractivity contribution in [1.82, 2.24) is 15.3 Å². The summed E-state index contributed by atoms with van der Waals surface area (Å²) in [4.78, 5) is 57.5. The predicted molar refractivity (Wildman–Crippen MR) is 118 cm³/mol. The number of aromatic amines is 1. The Bertz CT molecular complexity index is 1150. The third kappa shape index (κ3) is 4.51. The lowest BCUT2D eigenvalue weighted by Gasteiger charge is -2.31. The molecule has 1 amide bonds. The first-order chi connectivity index (χ1) is 15.7. The van der Waals surface area contributed by atoms with Crippen molar-refractivity contribution in [2.45, 2.75) is 24.9 Å². The monoisotopic (exact) mass is 457 g/mol. The molecule has 0 aliphatic carbocycles. The van der Waals surface area contributed by atoms with Gasteiger partial charge in [0.2, 0.25) is 5.95 Å². The van der Waals surface area contributed by atoms with Crippen LogP contribution >= 0.6 is 0 Å². The third-order valence-corrected chi connectivity index (χ3v) is 5.65. The van der Waals surface area contributed by atoms with E-state index in [4.69, 9.17) is 10.8 Å². The van der Waals surface area contributed by atoms with Crippen molar-refractivity contribution in [2.24, 2.45) is 0 Å². The highest BCUT2D eigenvalue weighted by Gasteiger charge is 2.37. The second-order valence-electron chi connectivity index (χ2n) is 7.86. The van der Waals surface area contributed by atoms with Gasteiger partial charge in [-0.2, -0.15) is 4.98 Å². The molecule has 0 radical (unpaired) electrons. The molecular weight excluding hydrogens is 434 g/mol. The summed E-state index contributed by atoms with van der Waals surface area (Å²) >= 11 is 0. The molecule has 33 heavy (non-hydrogen) atoms. The Hall–Kier alpha value is -4.29. The van der Waals surface area contributed by atoms with Gasteiger partial charge in [0.25, 0.3) is 11.5 Å². The number of nitrogens with zero attached hydrogens (tertiary/aromatic N) is 3. The van der Waals surface area contributed by atoms with Gasteiger partial charge in [-0.05, 0) is 30.7 Å². The molecule has 13 nitrogen and oxygen atoms in total. The number of hydrogen-bond acceptors (Lipinski definition) is 9. The van der Waals surface area contributed by atoms with Crippen LogP contribution in [0.4, 0.5) is 23.1 Å². The zero-order valence-electron chi connectivity index (χ0n) is 17.4. The molecule has 2 atom stereocenters. The zero-order chi connectivity index (χ0) is 23.7. The predicted octanol–water partition coefficient (Wildman–Crippen LogP) is -0.522. The number of carboxylic acids is 2. The molecular formula is C20H23N7O6. The minimum absolute atomic E-state index is 0.0394. The second kappa shape index (κ2) is 8.68. The molecule has 1 fully saturated rings. The van der Waals surface area contributed by atoms with Crippen molar-refractivity contribution < 1.29 is 24.6 Å². The summed E-state index contributed by atoms with van der Waals surface area (Å²) in [6.45, 7) is 1.67. The van der Waals surface area contributed by atoms with E-state index in [-0.39, 0.29) is 36.0 Å². The maximum Gasteiger partial charge on any atom is 0.326 e. The average Bonchev–Trinajstić information content (AvgIpc) is 3.20. The SMILES string of the molecule is Nc1nc2c(c(=O)[nH]1)N1CN(c3ccc(C(=O)NC(CCC(=O)O)C(=O)O)cc3)C[C@@H]1CN2. The van der Waals surface area contributed by atoms with Gasteiger partial charge < -0.3 is 36.4 Å². The number of benzene rings is 1. The smallest absolute Gasteiger partial charge is 0.326 e. The number of carboxylic acid groups (broad SMARTS) is 2. The number of carbonyl (C=O) groups excluding carboxylic acids is 1. The number of amides is 1. The fraction of sp³-hybridized carbons (Fsp3) is 0.350. The molecule has 1 saturated heterocycles. The molecule has 2 aliphatic rings. The summed E-state index contributed by atoms with van der Waals surface area (Å²) < 4.78 is 0. The highest BCUT2D eigenvalue weighted by atomic mass is 16.4. The molecule has 7 N–H and O–H groups in total. The van der Waals surface area contributed by atoms with Crippen LogP contribution in [0.1, 0.15) is 23.2 Å². The fourth-order valence-corrected chi connectivity index (χ4v) is 4.00. The standard InChI is InChI=1S/C20H23N7O6/c21-20-24-16-15(18(31)25-20)27-9-26(8-12(27)7-22-16)11-3-1-10(2-4-11)17(30)23-13(19(32)33)5-6-14(28)29/h1-4,12-13H,5-9H2,(H,23,30)(H,28,29)(H,32,33)(H4,21,22,24,25,31)/t12-,13?/m0/s1. The van der Waals surface area contributed by atoms with Gasteiger partial charge in [0.1, 0.15) is 11.7 Å².